The molecule has 0 amide bonds. The highest BCUT2D eigenvalue weighted by molar-refractivity contribution is 4.98. The van der Waals surface area contributed by atoms with Crippen molar-refractivity contribution in [2.45, 2.75) is 44.3 Å². The molecule has 0 saturated carbocycles. The number of rotatable bonds is 4. The summed E-state index contributed by atoms with van der Waals surface area (Å²) in [5.41, 5.74) is -0.909. The molecule has 18 heavy (non-hydrogen) atoms. The van der Waals surface area contributed by atoms with E-state index in [1.54, 1.807) is 7.11 Å². The molecule has 1 N–H and O–H groups in total. The first-order valence-corrected chi connectivity index (χ1v) is 6.95. The van der Waals surface area contributed by atoms with E-state index in [0.717, 1.165) is 25.9 Å². The molecular formula is C14H26O4. The van der Waals surface area contributed by atoms with Crippen LogP contribution in [0.15, 0.2) is 0 Å². The number of ether oxygens (including phenoxy) is 3. The van der Waals surface area contributed by atoms with Crippen molar-refractivity contribution in [2.75, 3.05) is 33.5 Å². The van der Waals surface area contributed by atoms with Gasteiger partial charge in [0.15, 0.2) is 0 Å². The van der Waals surface area contributed by atoms with E-state index in [9.17, 15) is 5.11 Å². The second kappa shape index (κ2) is 5.45. The summed E-state index contributed by atoms with van der Waals surface area (Å²) in [6.07, 6.45) is 2.73. The lowest BCUT2D eigenvalue weighted by Gasteiger charge is -2.46. The Morgan fingerprint density at radius 1 is 1.44 bits per heavy atom. The van der Waals surface area contributed by atoms with Gasteiger partial charge in [0.25, 0.3) is 0 Å². The highest BCUT2D eigenvalue weighted by atomic mass is 16.6. The maximum absolute atomic E-state index is 10.9. The van der Waals surface area contributed by atoms with E-state index in [1.807, 2.05) is 0 Å². The normalized spacial score (nSPS) is 36.2. The minimum atomic E-state index is -0.756. The first-order chi connectivity index (χ1) is 8.52. The Hall–Kier alpha value is -0.160. The standard InChI is InChI=1S/C14H26O4/c1-11(2)14(15,10-16-3)12-4-6-18-13(8-12)5-7-17-9-13/h11-12,15H,4-10H2,1-3H3. The van der Waals surface area contributed by atoms with Gasteiger partial charge >= 0.3 is 0 Å². The van der Waals surface area contributed by atoms with E-state index in [1.165, 1.54) is 0 Å². The Labute approximate surface area is 110 Å². The Bertz CT molecular complexity index is 273. The Morgan fingerprint density at radius 3 is 2.78 bits per heavy atom. The van der Waals surface area contributed by atoms with Gasteiger partial charge in [0.05, 0.1) is 24.4 Å². The maximum atomic E-state index is 10.9. The second-order valence-electron chi connectivity index (χ2n) is 6.10. The summed E-state index contributed by atoms with van der Waals surface area (Å²) in [6, 6.07) is 0. The van der Waals surface area contributed by atoms with E-state index in [0.29, 0.717) is 19.8 Å². The van der Waals surface area contributed by atoms with Crippen LogP contribution in [0.3, 0.4) is 0 Å². The first kappa shape index (κ1) is 14.3. The summed E-state index contributed by atoms with van der Waals surface area (Å²) >= 11 is 0. The second-order valence-corrected chi connectivity index (χ2v) is 6.10. The van der Waals surface area contributed by atoms with Crippen molar-refractivity contribution in [1.29, 1.82) is 0 Å². The van der Waals surface area contributed by atoms with E-state index in [-0.39, 0.29) is 17.4 Å². The number of methoxy groups -OCH3 is 1. The third-order valence-electron chi connectivity index (χ3n) is 4.64. The summed E-state index contributed by atoms with van der Waals surface area (Å²) in [5.74, 6) is 0.410. The molecule has 4 heteroatoms. The SMILES string of the molecule is COCC(O)(C(C)C)C1CCOC2(CCOC2)C1. The predicted molar refractivity (Wildman–Crippen MR) is 68.5 cm³/mol. The molecule has 2 saturated heterocycles. The molecule has 0 aromatic rings. The summed E-state index contributed by atoms with van der Waals surface area (Å²) in [6.45, 7) is 6.68. The van der Waals surface area contributed by atoms with Crippen LogP contribution in [0.25, 0.3) is 0 Å². The van der Waals surface area contributed by atoms with Gasteiger partial charge in [-0.05, 0) is 24.7 Å². The topological polar surface area (TPSA) is 47.9 Å². The fourth-order valence-corrected chi connectivity index (χ4v) is 3.30. The fourth-order valence-electron chi connectivity index (χ4n) is 3.30. The molecule has 0 bridgehead atoms. The molecule has 4 nitrogen and oxygen atoms in total. The van der Waals surface area contributed by atoms with Gasteiger partial charge in [-0.1, -0.05) is 13.8 Å². The maximum Gasteiger partial charge on any atom is 0.0940 e. The third kappa shape index (κ3) is 2.57. The smallest absolute Gasteiger partial charge is 0.0940 e. The lowest BCUT2D eigenvalue weighted by Crippen LogP contribution is -2.53. The van der Waals surface area contributed by atoms with Crippen molar-refractivity contribution >= 4 is 0 Å². The number of aliphatic hydroxyl groups is 1. The van der Waals surface area contributed by atoms with Crippen LogP contribution in [-0.2, 0) is 14.2 Å². The van der Waals surface area contributed by atoms with E-state index >= 15 is 0 Å². The third-order valence-corrected chi connectivity index (χ3v) is 4.64. The molecule has 3 atom stereocenters. The Morgan fingerprint density at radius 2 is 2.22 bits per heavy atom. The molecule has 2 aliphatic heterocycles. The van der Waals surface area contributed by atoms with Gasteiger partial charge in [-0.3, -0.25) is 0 Å². The van der Waals surface area contributed by atoms with Gasteiger partial charge < -0.3 is 19.3 Å². The fraction of sp³-hybridized carbons (Fsp3) is 1.00. The van der Waals surface area contributed by atoms with Crippen molar-refractivity contribution in [1.82, 2.24) is 0 Å². The van der Waals surface area contributed by atoms with Crippen molar-refractivity contribution in [3.8, 4) is 0 Å². The quantitative estimate of drug-likeness (QED) is 0.832. The van der Waals surface area contributed by atoms with Crippen LogP contribution in [-0.4, -0.2) is 49.8 Å². The van der Waals surface area contributed by atoms with E-state index < -0.39 is 5.60 Å². The molecule has 0 aliphatic carbocycles. The molecule has 2 fully saturated rings. The summed E-state index contributed by atoms with van der Waals surface area (Å²) in [7, 11) is 1.65. The van der Waals surface area contributed by atoms with Crippen molar-refractivity contribution < 1.29 is 19.3 Å². The lowest BCUT2D eigenvalue weighted by molar-refractivity contribution is -0.171. The predicted octanol–water partition coefficient (Wildman–Crippen LogP) is 1.61. The van der Waals surface area contributed by atoms with Crippen LogP contribution in [0.5, 0.6) is 0 Å². The minimum absolute atomic E-state index is 0.153. The molecule has 2 aliphatic rings. The van der Waals surface area contributed by atoms with Crippen LogP contribution in [0.4, 0.5) is 0 Å². The molecule has 2 heterocycles. The van der Waals surface area contributed by atoms with Gasteiger partial charge in [0.2, 0.25) is 0 Å². The Kier molecular flexibility index (Phi) is 4.32. The zero-order valence-corrected chi connectivity index (χ0v) is 11.8. The van der Waals surface area contributed by atoms with Crippen LogP contribution in [0.2, 0.25) is 0 Å². The van der Waals surface area contributed by atoms with Crippen LogP contribution >= 0.6 is 0 Å². The van der Waals surface area contributed by atoms with Gasteiger partial charge in [0.1, 0.15) is 0 Å². The van der Waals surface area contributed by atoms with Crippen LogP contribution < -0.4 is 0 Å². The lowest BCUT2D eigenvalue weighted by atomic mass is 9.71. The summed E-state index contributed by atoms with van der Waals surface area (Å²) in [5, 5.41) is 10.9. The monoisotopic (exact) mass is 258 g/mol. The van der Waals surface area contributed by atoms with E-state index in [4.69, 9.17) is 14.2 Å². The zero-order valence-electron chi connectivity index (χ0n) is 11.8. The van der Waals surface area contributed by atoms with Gasteiger partial charge in [0, 0.05) is 26.7 Å². The molecule has 0 aromatic carbocycles. The highest BCUT2D eigenvalue weighted by Crippen LogP contribution is 2.42. The molecule has 3 unspecified atom stereocenters. The molecule has 2 rings (SSSR count). The Balaban J connectivity index is 2.10. The molecular weight excluding hydrogens is 232 g/mol. The molecule has 106 valence electrons. The first-order valence-electron chi connectivity index (χ1n) is 6.95. The van der Waals surface area contributed by atoms with Crippen LogP contribution in [0.1, 0.15) is 33.1 Å². The van der Waals surface area contributed by atoms with Crippen molar-refractivity contribution in [3.05, 3.63) is 0 Å². The minimum Gasteiger partial charge on any atom is -0.387 e. The molecule has 0 aromatic heterocycles. The van der Waals surface area contributed by atoms with Crippen molar-refractivity contribution in [2.24, 2.45) is 11.8 Å². The summed E-state index contributed by atoms with van der Waals surface area (Å²) in [4.78, 5) is 0. The molecule has 1 spiro atoms. The zero-order chi connectivity index (χ0) is 13.2. The average molecular weight is 258 g/mol. The molecule has 0 radical (unpaired) electrons. The van der Waals surface area contributed by atoms with E-state index in [2.05, 4.69) is 13.8 Å². The number of hydrogen-bond acceptors (Lipinski definition) is 4. The largest absolute Gasteiger partial charge is 0.387 e. The highest BCUT2D eigenvalue weighted by Gasteiger charge is 2.48. The summed E-state index contributed by atoms with van der Waals surface area (Å²) < 4.78 is 16.7. The average Bonchev–Trinajstić information content (AvgIpc) is 2.77. The number of hydrogen-bond donors (Lipinski definition) is 1. The van der Waals surface area contributed by atoms with Gasteiger partial charge in [-0.2, -0.15) is 0 Å². The van der Waals surface area contributed by atoms with Gasteiger partial charge in [-0.15, -0.1) is 0 Å². The van der Waals surface area contributed by atoms with Crippen LogP contribution in [0, 0.1) is 11.8 Å². The van der Waals surface area contributed by atoms with Gasteiger partial charge in [-0.25, -0.2) is 0 Å². The van der Waals surface area contributed by atoms with Crippen molar-refractivity contribution in [3.63, 3.8) is 0 Å².